The second-order valence-electron chi connectivity index (χ2n) is 3.66. The smallest absolute Gasteiger partial charge is 0.109 e. The van der Waals surface area contributed by atoms with E-state index in [1.54, 1.807) is 0 Å². The van der Waals surface area contributed by atoms with Crippen LogP contribution in [0.2, 0.25) is 0 Å². The lowest BCUT2D eigenvalue weighted by atomic mass is 10.2. The zero-order chi connectivity index (χ0) is 11.8. The molecule has 0 radical (unpaired) electrons. The Balaban J connectivity index is 2.13. The second kappa shape index (κ2) is 7.51. The van der Waals surface area contributed by atoms with Gasteiger partial charge in [-0.1, -0.05) is 41.4 Å². The number of benzene rings is 1. The number of quaternary nitrogens is 1. The summed E-state index contributed by atoms with van der Waals surface area (Å²) in [6, 6.07) is 9.89. The normalized spacial score (nSPS) is 14.6. The molecule has 0 amide bonds. The van der Waals surface area contributed by atoms with E-state index in [4.69, 9.17) is 4.74 Å². The standard InChI is InChI=1S/C11H17NO3S/c12-11(6-7-16(13)14)9-15-8-10-4-2-1-3-5-10/h1-5,11H,6-9,12H2,(H,13,14). The summed E-state index contributed by atoms with van der Waals surface area (Å²) in [7, 11) is 0. The van der Waals surface area contributed by atoms with Crippen molar-refractivity contribution in [2.45, 2.75) is 19.1 Å². The molecule has 5 heteroatoms. The fourth-order valence-electron chi connectivity index (χ4n) is 1.26. The van der Waals surface area contributed by atoms with E-state index in [0.29, 0.717) is 19.6 Å². The minimum atomic E-state index is -1.97. The highest BCUT2D eigenvalue weighted by Gasteiger charge is 2.06. The predicted molar refractivity (Wildman–Crippen MR) is 61.2 cm³/mol. The summed E-state index contributed by atoms with van der Waals surface area (Å²) in [6.45, 7) is 1.04. The molecule has 1 aromatic rings. The number of rotatable bonds is 7. The van der Waals surface area contributed by atoms with Crippen LogP contribution in [0.4, 0.5) is 0 Å². The van der Waals surface area contributed by atoms with Crippen LogP contribution in [-0.4, -0.2) is 27.2 Å². The monoisotopic (exact) mass is 243 g/mol. The first-order valence-corrected chi connectivity index (χ1v) is 6.43. The fraction of sp³-hybridized carbons (Fsp3) is 0.455. The highest BCUT2D eigenvalue weighted by atomic mass is 32.2. The third-order valence-electron chi connectivity index (χ3n) is 2.16. The van der Waals surface area contributed by atoms with Crippen molar-refractivity contribution in [2.24, 2.45) is 0 Å². The number of hydrogen-bond acceptors (Lipinski definition) is 3. The summed E-state index contributed by atoms with van der Waals surface area (Å²) in [4.78, 5) is 0. The molecule has 0 aliphatic heterocycles. The van der Waals surface area contributed by atoms with Gasteiger partial charge in [0.15, 0.2) is 0 Å². The molecule has 2 atom stereocenters. The van der Waals surface area contributed by atoms with Gasteiger partial charge in [0.05, 0.1) is 13.2 Å². The highest BCUT2D eigenvalue weighted by Crippen LogP contribution is 2.01. The van der Waals surface area contributed by atoms with Gasteiger partial charge in [0.2, 0.25) is 0 Å². The van der Waals surface area contributed by atoms with Crippen LogP contribution < -0.4 is 5.73 Å². The maximum absolute atomic E-state index is 10.3. The van der Waals surface area contributed by atoms with Crippen molar-refractivity contribution in [3.05, 3.63) is 35.9 Å². The van der Waals surface area contributed by atoms with Crippen LogP contribution in [0, 0.1) is 0 Å². The Morgan fingerprint density at radius 3 is 2.69 bits per heavy atom. The molecule has 90 valence electrons. The Morgan fingerprint density at radius 2 is 2.06 bits per heavy atom. The van der Waals surface area contributed by atoms with E-state index < -0.39 is 11.1 Å². The van der Waals surface area contributed by atoms with Crippen LogP contribution in [0.15, 0.2) is 30.3 Å². The predicted octanol–water partition coefficient (Wildman–Crippen LogP) is 0.0829. The van der Waals surface area contributed by atoms with E-state index in [-0.39, 0.29) is 11.8 Å². The first-order chi connectivity index (χ1) is 7.68. The summed E-state index contributed by atoms with van der Waals surface area (Å²) >= 11 is -1.97. The quantitative estimate of drug-likeness (QED) is 0.689. The first kappa shape index (κ1) is 13.3. The molecule has 1 aromatic carbocycles. The fourth-order valence-corrected chi connectivity index (χ4v) is 1.79. The molecule has 2 unspecified atom stereocenters. The third-order valence-corrected chi connectivity index (χ3v) is 2.73. The Kier molecular flexibility index (Phi) is 6.25. The molecule has 0 saturated heterocycles. The van der Waals surface area contributed by atoms with Crippen LogP contribution in [0.5, 0.6) is 0 Å². The topological polar surface area (TPSA) is 77.0 Å². The molecule has 0 fully saturated rings. The maximum Gasteiger partial charge on any atom is 0.109 e. The van der Waals surface area contributed by atoms with Gasteiger partial charge < -0.3 is 15.0 Å². The summed E-state index contributed by atoms with van der Waals surface area (Å²) in [5, 5.41) is 0. The van der Waals surface area contributed by atoms with Gasteiger partial charge in [-0.25, -0.2) is 0 Å². The van der Waals surface area contributed by atoms with E-state index in [1.165, 1.54) is 0 Å². The minimum absolute atomic E-state index is 0.0293. The van der Waals surface area contributed by atoms with Crippen molar-refractivity contribution in [3.63, 3.8) is 0 Å². The van der Waals surface area contributed by atoms with Gasteiger partial charge in [-0.2, -0.15) is 0 Å². The third kappa shape index (κ3) is 5.97. The van der Waals surface area contributed by atoms with Gasteiger partial charge in [-0.3, -0.25) is 4.21 Å². The van der Waals surface area contributed by atoms with Crippen molar-refractivity contribution >= 4 is 11.1 Å². The Morgan fingerprint density at radius 1 is 1.38 bits per heavy atom. The molecule has 0 spiro atoms. The molecule has 0 saturated carbocycles. The van der Waals surface area contributed by atoms with E-state index in [1.807, 2.05) is 30.3 Å². The van der Waals surface area contributed by atoms with Gasteiger partial charge in [0.1, 0.15) is 6.04 Å². The second-order valence-corrected chi connectivity index (χ2v) is 4.68. The van der Waals surface area contributed by atoms with E-state index in [0.717, 1.165) is 5.56 Å². The lowest BCUT2D eigenvalue weighted by Crippen LogP contribution is -2.63. The SMILES string of the molecule is [NH3+]C(CCS(=O)[O-])COCc1ccccc1. The van der Waals surface area contributed by atoms with Crippen LogP contribution in [0.1, 0.15) is 12.0 Å². The molecule has 0 aliphatic rings. The largest absolute Gasteiger partial charge is 0.772 e. The summed E-state index contributed by atoms with van der Waals surface area (Å²) in [5.41, 5.74) is 4.96. The Bertz CT molecular complexity index is 318. The van der Waals surface area contributed by atoms with E-state index >= 15 is 0 Å². The average molecular weight is 243 g/mol. The summed E-state index contributed by atoms with van der Waals surface area (Å²) in [5.74, 6) is 0.156. The van der Waals surface area contributed by atoms with Crippen molar-refractivity contribution in [3.8, 4) is 0 Å². The molecule has 1 rings (SSSR count). The molecule has 0 bridgehead atoms. The van der Waals surface area contributed by atoms with Crippen LogP contribution in [0.25, 0.3) is 0 Å². The summed E-state index contributed by atoms with van der Waals surface area (Å²) in [6.07, 6.45) is 0.547. The lowest BCUT2D eigenvalue weighted by Gasteiger charge is -2.10. The van der Waals surface area contributed by atoms with Crippen molar-refractivity contribution in [2.75, 3.05) is 12.4 Å². The number of hydrogen-bond donors (Lipinski definition) is 1. The van der Waals surface area contributed by atoms with Crippen LogP contribution >= 0.6 is 0 Å². The van der Waals surface area contributed by atoms with Crippen molar-refractivity contribution < 1.29 is 19.2 Å². The van der Waals surface area contributed by atoms with Gasteiger partial charge >= 0.3 is 0 Å². The van der Waals surface area contributed by atoms with Crippen LogP contribution in [0.3, 0.4) is 0 Å². The molecule has 0 aliphatic carbocycles. The van der Waals surface area contributed by atoms with Crippen LogP contribution in [-0.2, 0) is 22.4 Å². The van der Waals surface area contributed by atoms with Gasteiger partial charge in [0, 0.05) is 12.2 Å². The van der Waals surface area contributed by atoms with Gasteiger partial charge in [-0.05, 0) is 5.56 Å². The van der Waals surface area contributed by atoms with Gasteiger partial charge in [-0.15, -0.1) is 0 Å². The molecular formula is C11H17NO3S. The molecule has 0 aromatic heterocycles. The van der Waals surface area contributed by atoms with E-state index in [9.17, 15) is 8.76 Å². The van der Waals surface area contributed by atoms with Crippen molar-refractivity contribution in [1.29, 1.82) is 0 Å². The minimum Gasteiger partial charge on any atom is -0.772 e. The molecule has 4 nitrogen and oxygen atoms in total. The number of ether oxygens (including phenoxy) is 1. The van der Waals surface area contributed by atoms with Crippen molar-refractivity contribution in [1.82, 2.24) is 0 Å². The highest BCUT2D eigenvalue weighted by molar-refractivity contribution is 7.79. The lowest BCUT2D eigenvalue weighted by molar-refractivity contribution is -0.427. The summed E-state index contributed by atoms with van der Waals surface area (Å²) < 4.78 is 26.1. The Labute approximate surface area is 98.1 Å². The van der Waals surface area contributed by atoms with E-state index in [2.05, 4.69) is 5.73 Å². The molecular weight excluding hydrogens is 226 g/mol. The molecule has 0 heterocycles. The zero-order valence-electron chi connectivity index (χ0n) is 9.13. The van der Waals surface area contributed by atoms with Gasteiger partial charge in [0.25, 0.3) is 0 Å². The zero-order valence-corrected chi connectivity index (χ0v) is 9.95. The molecule has 3 N–H and O–H groups in total. The maximum atomic E-state index is 10.3. The molecule has 16 heavy (non-hydrogen) atoms. The first-order valence-electron chi connectivity index (χ1n) is 5.19. The average Bonchev–Trinajstić information content (AvgIpc) is 2.28. The Hall–Kier alpha value is -0.750.